The van der Waals surface area contributed by atoms with Crippen LogP contribution in [0.25, 0.3) is 0 Å². The Hall–Kier alpha value is -1.37. The minimum atomic E-state index is -1.52. The van der Waals surface area contributed by atoms with Crippen LogP contribution in [-0.2, 0) is 10.8 Å². The zero-order valence-electron chi connectivity index (χ0n) is 6.52. The fraction of sp³-hybridized carbons (Fsp3) is 0.167. The summed E-state index contributed by atoms with van der Waals surface area (Å²) in [4.78, 5) is 16.9. The molecule has 13 heavy (non-hydrogen) atoms. The van der Waals surface area contributed by atoms with Gasteiger partial charge in [0.1, 0.15) is 5.56 Å². The van der Waals surface area contributed by atoms with Crippen LogP contribution >= 0.6 is 0 Å². The van der Waals surface area contributed by atoms with Crippen LogP contribution in [0.4, 0.5) is 4.39 Å². The van der Waals surface area contributed by atoms with Crippen LogP contribution in [0.3, 0.4) is 0 Å². The first-order chi connectivity index (χ1) is 6.02. The topological polar surface area (TPSA) is 80.2 Å². The molecule has 1 unspecified atom stereocenters. The molecule has 7 heteroatoms. The molecule has 0 aliphatic heterocycles. The van der Waals surface area contributed by atoms with Crippen LogP contribution in [0, 0.1) is 5.95 Å². The number of hydrogen-bond acceptors (Lipinski definition) is 4. The van der Waals surface area contributed by atoms with E-state index < -0.39 is 28.3 Å². The molecule has 0 aromatic carbocycles. The first-order valence-electron chi connectivity index (χ1n) is 3.11. The Bertz CT molecular complexity index is 382. The van der Waals surface area contributed by atoms with E-state index in [1.165, 1.54) is 6.26 Å². The lowest BCUT2D eigenvalue weighted by molar-refractivity contribution is 0.0689. The maximum Gasteiger partial charge on any atom is 0.341 e. The number of halogens is 1. The predicted octanol–water partition coefficient (Wildman–Crippen LogP) is 0.0513. The van der Waals surface area contributed by atoms with Gasteiger partial charge in [-0.3, -0.25) is 4.21 Å². The summed E-state index contributed by atoms with van der Waals surface area (Å²) < 4.78 is 23.5. The standard InChI is InChI=1S/C6H5FN2O3S/c1-13(12)6-8-2-3(5(10)11)4(7)9-6/h2H,1H3,(H,10,11). The molecule has 0 bridgehead atoms. The predicted molar refractivity (Wildman–Crippen MR) is 41.3 cm³/mol. The highest BCUT2D eigenvalue weighted by molar-refractivity contribution is 7.84. The van der Waals surface area contributed by atoms with E-state index in [4.69, 9.17) is 5.11 Å². The number of nitrogens with zero attached hydrogens (tertiary/aromatic N) is 2. The Morgan fingerprint density at radius 3 is 2.69 bits per heavy atom. The molecule has 1 rings (SSSR count). The first kappa shape index (κ1) is 9.72. The Morgan fingerprint density at radius 2 is 2.31 bits per heavy atom. The minimum absolute atomic E-state index is 0.220. The van der Waals surface area contributed by atoms with Crippen LogP contribution in [0.2, 0.25) is 0 Å². The molecule has 1 heterocycles. The van der Waals surface area contributed by atoms with E-state index in [-0.39, 0.29) is 5.16 Å². The third-order valence-electron chi connectivity index (χ3n) is 1.21. The smallest absolute Gasteiger partial charge is 0.341 e. The summed E-state index contributed by atoms with van der Waals surface area (Å²) in [5.74, 6) is -2.63. The van der Waals surface area contributed by atoms with Crippen molar-refractivity contribution in [1.82, 2.24) is 9.97 Å². The largest absolute Gasteiger partial charge is 0.477 e. The van der Waals surface area contributed by atoms with Crippen LogP contribution < -0.4 is 0 Å². The molecule has 0 radical (unpaired) electrons. The maximum atomic E-state index is 12.8. The van der Waals surface area contributed by atoms with Gasteiger partial charge >= 0.3 is 5.97 Å². The van der Waals surface area contributed by atoms with Gasteiger partial charge in [-0.25, -0.2) is 9.78 Å². The summed E-state index contributed by atoms with van der Waals surface area (Å²) in [6.07, 6.45) is 2.07. The summed E-state index contributed by atoms with van der Waals surface area (Å²) in [5, 5.41) is 8.18. The SMILES string of the molecule is CS(=O)c1ncc(C(=O)O)c(F)n1. The van der Waals surface area contributed by atoms with Crippen molar-refractivity contribution in [3.05, 3.63) is 17.7 Å². The van der Waals surface area contributed by atoms with Crippen molar-refractivity contribution < 1.29 is 18.5 Å². The third kappa shape index (κ3) is 2.05. The van der Waals surface area contributed by atoms with Crippen LogP contribution in [0.1, 0.15) is 10.4 Å². The molecule has 0 aliphatic rings. The third-order valence-corrected chi connectivity index (χ3v) is 1.92. The number of aromatic nitrogens is 2. The molecule has 70 valence electrons. The summed E-state index contributed by atoms with van der Waals surface area (Å²) >= 11 is 0. The van der Waals surface area contributed by atoms with Crippen molar-refractivity contribution in [2.24, 2.45) is 0 Å². The summed E-state index contributed by atoms with van der Waals surface area (Å²) in [6, 6.07) is 0. The number of aromatic carboxylic acids is 1. The average Bonchev–Trinajstić information content (AvgIpc) is 2.03. The van der Waals surface area contributed by atoms with Gasteiger partial charge in [-0.15, -0.1) is 0 Å². The second-order valence-corrected chi connectivity index (χ2v) is 3.39. The Morgan fingerprint density at radius 1 is 1.69 bits per heavy atom. The fourth-order valence-electron chi connectivity index (χ4n) is 0.628. The van der Waals surface area contributed by atoms with Gasteiger partial charge < -0.3 is 5.11 Å². The Labute approximate surface area is 75.1 Å². The number of carboxylic acids is 1. The van der Waals surface area contributed by atoms with Gasteiger partial charge in [-0.05, 0) is 0 Å². The van der Waals surface area contributed by atoms with E-state index in [0.29, 0.717) is 0 Å². The van der Waals surface area contributed by atoms with E-state index in [9.17, 15) is 13.4 Å². The molecular formula is C6H5FN2O3S. The molecule has 0 aliphatic carbocycles. The quantitative estimate of drug-likeness (QED) is 0.544. The lowest BCUT2D eigenvalue weighted by atomic mass is 10.3. The summed E-state index contributed by atoms with van der Waals surface area (Å²) in [7, 11) is -1.52. The highest BCUT2D eigenvalue weighted by atomic mass is 32.2. The van der Waals surface area contributed by atoms with Crippen molar-refractivity contribution in [2.75, 3.05) is 6.26 Å². The van der Waals surface area contributed by atoms with E-state index in [0.717, 1.165) is 6.20 Å². The first-order valence-corrected chi connectivity index (χ1v) is 4.67. The molecule has 0 fully saturated rings. The lowest BCUT2D eigenvalue weighted by Gasteiger charge is -1.97. The lowest BCUT2D eigenvalue weighted by Crippen LogP contribution is -2.07. The molecule has 5 nitrogen and oxygen atoms in total. The molecule has 0 amide bonds. The van der Waals surface area contributed by atoms with Crippen molar-refractivity contribution in [3.8, 4) is 0 Å². The molecule has 1 atom stereocenters. The van der Waals surface area contributed by atoms with Crippen molar-refractivity contribution in [3.63, 3.8) is 0 Å². The number of hydrogen-bond donors (Lipinski definition) is 1. The average molecular weight is 204 g/mol. The normalized spacial score (nSPS) is 12.5. The van der Waals surface area contributed by atoms with Gasteiger partial charge in [0.2, 0.25) is 11.1 Å². The van der Waals surface area contributed by atoms with E-state index in [1.54, 1.807) is 0 Å². The molecule has 0 saturated heterocycles. The second-order valence-electron chi connectivity index (χ2n) is 2.12. The van der Waals surface area contributed by atoms with Gasteiger partial charge in [0.25, 0.3) is 0 Å². The molecule has 1 N–H and O–H groups in total. The zero-order chi connectivity index (χ0) is 10.0. The van der Waals surface area contributed by atoms with Crippen molar-refractivity contribution in [1.29, 1.82) is 0 Å². The number of rotatable bonds is 2. The van der Waals surface area contributed by atoms with E-state index >= 15 is 0 Å². The number of carbonyl (C=O) groups is 1. The van der Waals surface area contributed by atoms with Crippen molar-refractivity contribution in [2.45, 2.75) is 5.16 Å². The molecule has 1 aromatic heterocycles. The Balaban J connectivity index is 3.20. The van der Waals surface area contributed by atoms with Crippen LogP contribution in [0.5, 0.6) is 0 Å². The van der Waals surface area contributed by atoms with Gasteiger partial charge in [0, 0.05) is 12.5 Å². The molecule has 0 spiro atoms. The molecular weight excluding hydrogens is 199 g/mol. The number of carboxylic acid groups (broad SMARTS) is 1. The van der Waals surface area contributed by atoms with Gasteiger partial charge in [-0.1, -0.05) is 0 Å². The van der Waals surface area contributed by atoms with Gasteiger partial charge in [0.15, 0.2) is 0 Å². The van der Waals surface area contributed by atoms with E-state index in [1.807, 2.05) is 0 Å². The van der Waals surface area contributed by atoms with Crippen molar-refractivity contribution >= 4 is 16.8 Å². The van der Waals surface area contributed by atoms with E-state index in [2.05, 4.69) is 9.97 Å². The maximum absolute atomic E-state index is 12.8. The van der Waals surface area contributed by atoms with Crippen LogP contribution in [0.15, 0.2) is 11.4 Å². The highest BCUT2D eigenvalue weighted by Gasteiger charge is 2.14. The van der Waals surface area contributed by atoms with Crippen LogP contribution in [-0.4, -0.2) is 31.5 Å². The van der Waals surface area contributed by atoms with Gasteiger partial charge in [-0.2, -0.15) is 9.37 Å². The summed E-state index contributed by atoms with van der Waals surface area (Å²) in [6.45, 7) is 0. The van der Waals surface area contributed by atoms with Gasteiger partial charge in [0.05, 0.1) is 10.8 Å². The highest BCUT2D eigenvalue weighted by Crippen LogP contribution is 2.04. The zero-order valence-corrected chi connectivity index (χ0v) is 7.34. The minimum Gasteiger partial charge on any atom is -0.477 e. The Kier molecular flexibility index (Phi) is 2.66. The molecule has 1 aromatic rings. The monoisotopic (exact) mass is 204 g/mol. The second kappa shape index (κ2) is 3.56. The summed E-state index contributed by atoms with van der Waals surface area (Å²) in [5.41, 5.74) is -0.630. The fourth-order valence-corrected chi connectivity index (χ4v) is 1.04. The molecule has 0 saturated carbocycles.